The van der Waals surface area contributed by atoms with Crippen LogP contribution >= 0.6 is 0 Å². The maximum absolute atomic E-state index is 10.5. The lowest BCUT2D eigenvalue weighted by Crippen LogP contribution is -2.38. The molecule has 0 spiro atoms. The van der Waals surface area contributed by atoms with Gasteiger partial charge in [-0.3, -0.25) is 0 Å². The van der Waals surface area contributed by atoms with Gasteiger partial charge in [0.15, 0.2) is 0 Å². The lowest BCUT2D eigenvalue weighted by molar-refractivity contribution is 0.166. The maximum Gasteiger partial charge on any atom is 0.235 e. The van der Waals surface area contributed by atoms with E-state index in [2.05, 4.69) is 11.9 Å². The average molecular weight is 217 g/mol. The SMILES string of the molecule is COc1ccc(C2(N=C=O)CC(C)C2)cc1. The fourth-order valence-electron chi connectivity index (χ4n) is 2.47. The third-order valence-electron chi connectivity index (χ3n) is 3.26. The number of ether oxygens (including phenoxy) is 1. The van der Waals surface area contributed by atoms with Crippen molar-refractivity contribution in [3.05, 3.63) is 29.8 Å². The number of carbonyl (C=O) groups excluding carboxylic acids is 1. The van der Waals surface area contributed by atoms with Crippen LogP contribution in [-0.4, -0.2) is 13.2 Å². The van der Waals surface area contributed by atoms with Crippen LogP contribution < -0.4 is 4.74 Å². The molecule has 0 heterocycles. The minimum atomic E-state index is -0.326. The normalized spacial score (nSPS) is 27.8. The largest absolute Gasteiger partial charge is 0.497 e. The van der Waals surface area contributed by atoms with E-state index in [9.17, 15) is 4.79 Å². The highest BCUT2D eigenvalue weighted by Gasteiger charge is 2.43. The van der Waals surface area contributed by atoms with Gasteiger partial charge in [0.1, 0.15) is 5.75 Å². The summed E-state index contributed by atoms with van der Waals surface area (Å²) in [6, 6.07) is 7.76. The van der Waals surface area contributed by atoms with Gasteiger partial charge in [-0.05, 0) is 36.5 Å². The van der Waals surface area contributed by atoms with Gasteiger partial charge in [-0.15, -0.1) is 0 Å². The van der Waals surface area contributed by atoms with Crippen molar-refractivity contribution in [2.24, 2.45) is 10.9 Å². The Labute approximate surface area is 95.2 Å². The van der Waals surface area contributed by atoms with E-state index < -0.39 is 0 Å². The van der Waals surface area contributed by atoms with E-state index in [-0.39, 0.29) is 5.54 Å². The van der Waals surface area contributed by atoms with Gasteiger partial charge in [0, 0.05) is 0 Å². The van der Waals surface area contributed by atoms with Gasteiger partial charge in [0.2, 0.25) is 6.08 Å². The summed E-state index contributed by atoms with van der Waals surface area (Å²) >= 11 is 0. The predicted octanol–water partition coefficient (Wildman–Crippen LogP) is 2.66. The fraction of sp³-hybridized carbons (Fsp3) is 0.462. The molecule has 16 heavy (non-hydrogen) atoms. The quantitative estimate of drug-likeness (QED) is 0.576. The van der Waals surface area contributed by atoms with Gasteiger partial charge in [-0.2, -0.15) is 4.99 Å². The van der Waals surface area contributed by atoms with E-state index >= 15 is 0 Å². The summed E-state index contributed by atoms with van der Waals surface area (Å²) in [6.45, 7) is 2.17. The van der Waals surface area contributed by atoms with Crippen LogP contribution in [0.2, 0.25) is 0 Å². The molecule has 1 aliphatic carbocycles. The summed E-state index contributed by atoms with van der Waals surface area (Å²) in [6.07, 6.45) is 3.55. The molecule has 0 saturated heterocycles. The molecule has 3 heteroatoms. The zero-order valence-corrected chi connectivity index (χ0v) is 9.56. The Morgan fingerprint density at radius 2 is 2.00 bits per heavy atom. The highest BCUT2D eigenvalue weighted by atomic mass is 16.5. The van der Waals surface area contributed by atoms with Crippen LogP contribution in [-0.2, 0) is 10.3 Å². The second kappa shape index (κ2) is 4.11. The third-order valence-corrected chi connectivity index (χ3v) is 3.26. The molecule has 0 aliphatic heterocycles. The van der Waals surface area contributed by atoms with E-state index in [1.165, 1.54) is 0 Å². The Morgan fingerprint density at radius 1 is 1.38 bits per heavy atom. The Balaban J connectivity index is 2.30. The van der Waals surface area contributed by atoms with Crippen molar-refractivity contribution in [1.29, 1.82) is 0 Å². The molecule has 0 unspecified atom stereocenters. The standard InChI is InChI=1S/C13H15NO2/c1-10-7-13(8-10,14-9-15)11-3-5-12(16-2)6-4-11/h3-6,10H,7-8H2,1-2H3. The first-order valence-electron chi connectivity index (χ1n) is 5.44. The first-order chi connectivity index (χ1) is 7.70. The molecule has 1 aliphatic rings. The van der Waals surface area contributed by atoms with Crippen molar-refractivity contribution in [2.75, 3.05) is 7.11 Å². The van der Waals surface area contributed by atoms with Crippen LogP contribution in [0.4, 0.5) is 0 Å². The maximum atomic E-state index is 10.5. The van der Waals surface area contributed by atoms with Crippen molar-refractivity contribution in [1.82, 2.24) is 0 Å². The molecule has 84 valence electrons. The zero-order valence-electron chi connectivity index (χ0n) is 9.56. The Kier molecular flexibility index (Phi) is 2.80. The number of aliphatic imine (C=N–C) groups is 1. The lowest BCUT2D eigenvalue weighted by Gasteiger charge is -2.42. The number of nitrogens with zero attached hydrogens (tertiary/aromatic N) is 1. The van der Waals surface area contributed by atoms with Gasteiger partial charge in [-0.1, -0.05) is 19.1 Å². The van der Waals surface area contributed by atoms with Gasteiger partial charge >= 0.3 is 0 Å². The number of benzene rings is 1. The molecule has 0 N–H and O–H groups in total. The van der Waals surface area contributed by atoms with E-state index in [1.54, 1.807) is 13.2 Å². The van der Waals surface area contributed by atoms with Crippen LogP contribution in [0.25, 0.3) is 0 Å². The molecule has 0 bridgehead atoms. The number of hydrogen-bond donors (Lipinski definition) is 0. The molecule has 1 aromatic carbocycles. The highest BCUT2D eigenvalue weighted by molar-refractivity contribution is 5.41. The topological polar surface area (TPSA) is 38.7 Å². The van der Waals surface area contributed by atoms with Crippen molar-refractivity contribution in [3.8, 4) is 5.75 Å². The summed E-state index contributed by atoms with van der Waals surface area (Å²) in [5.74, 6) is 1.44. The number of hydrogen-bond acceptors (Lipinski definition) is 3. The number of isocyanates is 1. The van der Waals surface area contributed by atoms with E-state index in [0.717, 1.165) is 24.2 Å². The van der Waals surface area contributed by atoms with Crippen molar-refractivity contribution in [3.63, 3.8) is 0 Å². The minimum absolute atomic E-state index is 0.326. The molecule has 0 aromatic heterocycles. The Hall–Kier alpha value is -1.60. The molecule has 2 rings (SSSR count). The van der Waals surface area contributed by atoms with Crippen LogP contribution in [0.15, 0.2) is 29.3 Å². The van der Waals surface area contributed by atoms with Crippen LogP contribution in [0, 0.1) is 5.92 Å². The van der Waals surface area contributed by atoms with E-state index in [1.807, 2.05) is 24.3 Å². The fourth-order valence-corrected chi connectivity index (χ4v) is 2.47. The predicted molar refractivity (Wildman–Crippen MR) is 61.2 cm³/mol. The number of rotatable bonds is 3. The Morgan fingerprint density at radius 3 is 2.44 bits per heavy atom. The molecule has 1 saturated carbocycles. The van der Waals surface area contributed by atoms with Gasteiger partial charge in [0.05, 0.1) is 12.6 Å². The van der Waals surface area contributed by atoms with E-state index in [4.69, 9.17) is 4.74 Å². The first-order valence-corrected chi connectivity index (χ1v) is 5.44. The molecular weight excluding hydrogens is 202 g/mol. The van der Waals surface area contributed by atoms with E-state index in [0.29, 0.717) is 5.92 Å². The summed E-state index contributed by atoms with van der Waals surface area (Å²) in [7, 11) is 1.64. The minimum Gasteiger partial charge on any atom is -0.497 e. The van der Waals surface area contributed by atoms with Crippen molar-refractivity contribution in [2.45, 2.75) is 25.3 Å². The van der Waals surface area contributed by atoms with Crippen molar-refractivity contribution < 1.29 is 9.53 Å². The summed E-state index contributed by atoms with van der Waals surface area (Å²) < 4.78 is 5.11. The summed E-state index contributed by atoms with van der Waals surface area (Å²) in [5.41, 5.74) is 0.753. The van der Waals surface area contributed by atoms with Gasteiger partial charge < -0.3 is 4.74 Å². The zero-order chi connectivity index (χ0) is 11.6. The van der Waals surface area contributed by atoms with Crippen molar-refractivity contribution >= 4 is 6.08 Å². The summed E-state index contributed by atoms with van der Waals surface area (Å²) in [4.78, 5) is 14.5. The molecule has 1 fully saturated rings. The average Bonchev–Trinajstić information content (AvgIpc) is 2.27. The van der Waals surface area contributed by atoms with Crippen LogP contribution in [0.3, 0.4) is 0 Å². The highest BCUT2D eigenvalue weighted by Crippen LogP contribution is 2.48. The second-order valence-electron chi connectivity index (χ2n) is 4.48. The van der Waals surface area contributed by atoms with Crippen LogP contribution in [0.1, 0.15) is 25.3 Å². The monoisotopic (exact) mass is 217 g/mol. The van der Waals surface area contributed by atoms with Gasteiger partial charge in [-0.25, -0.2) is 4.79 Å². The molecule has 3 nitrogen and oxygen atoms in total. The molecule has 0 amide bonds. The van der Waals surface area contributed by atoms with Crippen LogP contribution in [0.5, 0.6) is 5.75 Å². The number of methoxy groups -OCH3 is 1. The molecule has 1 aromatic rings. The summed E-state index contributed by atoms with van der Waals surface area (Å²) in [5, 5.41) is 0. The van der Waals surface area contributed by atoms with Gasteiger partial charge in [0.25, 0.3) is 0 Å². The third kappa shape index (κ3) is 1.74. The second-order valence-corrected chi connectivity index (χ2v) is 4.48. The molecule has 0 radical (unpaired) electrons. The first kappa shape index (κ1) is 10.9. The lowest BCUT2D eigenvalue weighted by atomic mass is 9.66. The molecular formula is C13H15NO2. The Bertz CT molecular complexity index is 412. The smallest absolute Gasteiger partial charge is 0.235 e. The molecule has 0 atom stereocenters.